The van der Waals surface area contributed by atoms with Gasteiger partial charge in [0.2, 0.25) is 5.91 Å². The van der Waals surface area contributed by atoms with Crippen molar-refractivity contribution in [3.05, 3.63) is 59.7 Å². The minimum absolute atomic E-state index is 0.333. The zero-order valence-corrected chi connectivity index (χ0v) is 17.3. The van der Waals surface area contributed by atoms with Gasteiger partial charge in [-0.3, -0.25) is 14.5 Å². The zero-order chi connectivity index (χ0) is 21.3. The summed E-state index contributed by atoms with van der Waals surface area (Å²) in [4.78, 5) is 41.3. The van der Waals surface area contributed by atoms with E-state index in [0.717, 1.165) is 34.8 Å². The lowest BCUT2D eigenvalue weighted by Crippen LogP contribution is -2.42. The fraction of sp³-hybridized carbons (Fsp3) is 0.348. The van der Waals surface area contributed by atoms with Gasteiger partial charge in [-0.05, 0) is 62.1 Å². The van der Waals surface area contributed by atoms with Crippen LogP contribution in [-0.2, 0) is 15.1 Å². The number of carbonyl (C=O) groups excluding carboxylic acids is 3. The van der Waals surface area contributed by atoms with E-state index in [-0.39, 0.29) is 6.54 Å². The fourth-order valence-corrected chi connectivity index (χ4v) is 4.23. The van der Waals surface area contributed by atoms with Gasteiger partial charge in [0.1, 0.15) is 12.1 Å². The number of hydrogen-bond acceptors (Lipinski definition) is 4. The van der Waals surface area contributed by atoms with Crippen LogP contribution < -0.4 is 15.5 Å². The van der Waals surface area contributed by atoms with Gasteiger partial charge >= 0.3 is 6.03 Å². The summed E-state index contributed by atoms with van der Waals surface area (Å²) in [7, 11) is 0. The molecular weight excluding hydrogens is 380 g/mol. The van der Waals surface area contributed by atoms with E-state index in [1.54, 1.807) is 6.92 Å². The van der Waals surface area contributed by atoms with Crippen molar-refractivity contribution in [2.45, 2.75) is 32.2 Å². The molecule has 1 atom stereocenters. The molecule has 2 aromatic rings. The van der Waals surface area contributed by atoms with Crippen LogP contribution in [0.2, 0.25) is 0 Å². The van der Waals surface area contributed by atoms with E-state index < -0.39 is 23.4 Å². The summed E-state index contributed by atoms with van der Waals surface area (Å²) in [5.74, 6) is -0.845. The van der Waals surface area contributed by atoms with E-state index in [0.29, 0.717) is 5.69 Å². The number of amides is 4. The molecule has 2 fully saturated rings. The van der Waals surface area contributed by atoms with Crippen LogP contribution in [0.15, 0.2) is 48.5 Å². The molecule has 1 unspecified atom stereocenters. The topological polar surface area (TPSA) is 81.8 Å². The van der Waals surface area contributed by atoms with Crippen LogP contribution in [0, 0.1) is 6.92 Å². The van der Waals surface area contributed by atoms with Crippen molar-refractivity contribution in [3.8, 4) is 0 Å². The average Bonchev–Trinajstić information content (AvgIpc) is 3.33. The molecule has 2 heterocycles. The number of nitrogens with one attached hydrogen (secondary N) is 2. The van der Waals surface area contributed by atoms with E-state index in [9.17, 15) is 14.4 Å². The summed E-state index contributed by atoms with van der Waals surface area (Å²) in [5.41, 5.74) is 2.21. The zero-order valence-electron chi connectivity index (χ0n) is 17.3. The first-order valence-corrected chi connectivity index (χ1v) is 10.2. The Morgan fingerprint density at radius 2 is 1.73 bits per heavy atom. The van der Waals surface area contributed by atoms with Crippen LogP contribution in [0.25, 0.3) is 0 Å². The van der Waals surface area contributed by atoms with Crippen molar-refractivity contribution in [1.29, 1.82) is 0 Å². The second-order valence-electron chi connectivity index (χ2n) is 8.05. The van der Waals surface area contributed by atoms with Gasteiger partial charge in [-0.15, -0.1) is 0 Å². The first-order chi connectivity index (χ1) is 14.4. The number of aryl methyl sites for hydroxylation is 1. The summed E-state index contributed by atoms with van der Waals surface area (Å²) >= 11 is 0. The van der Waals surface area contributed by atoms with Crippen molar-refractivity contribution < 1.29 is 14.4 Å². The Labute approximate surface area is 176 Å². The molecule has 2 aliphatic rings. The summed E-state index contributed by atoms with van der Waals surface area (Å²) < 4.78 is 0. The van der Waals surface area contributed by atoms with Crippen LogP contribution in [-0.4, -0.2) is 42.4 Å². The second-order valence-corrected chi connectivity index (χ2v) is 8.05. The van der Waals surface area contributed by atoms with Gasteiger partial charge in [0.05, 0.1) is 0 Å². The number of nitrogens with zero attached hydrogens (tertiary/aromatic N) is 2. The summed E-state index contributed by atoms with van der Waals surface area (Å²) in [6, 6.07) is 14.5. The predicted molar refractivity (Wildman–Crippen MR) is 115 cm³/mol. The standard InChI is InChI=1S/C23H26N4O3/c1-16-7-3-4-8-19(16)23(2)21(29)27(22(30)25-23)15-20(28)24-17-9-11-18(12-10-17)26-13-5-6-14-26/h3-4,7-12H,5-6,13-15H2,1-2H3,(H,24,28)(H,25,30). The molecule has 2 aromatic carbocycles. The highest BCUT2D eigenvalue weighted by Crippen LogP contribution is 2.31. The van der Waals surface area contributed by atoms with Gasteiger partial charge in [-0.1, -0.05) is 24.3 Å². The van der Waals surface area contributed by atoms with Gasteiger partial charge in [-0.25, -0.2) is 4.79 Å². The van der Waals surface area contributed by atoms with E-state index in [1.165, 1.54) is 12.8 Å². The van der Waals surface area contributed by atoms with Crippen molar-refractivity contribution in [2.24, 2.45) is 0 Å². The molecule has 2 aliphatic heterocycles. The molecule has 0 saturated carbocycles. The second kappa shape index (κ2) is 7.82. The molecule has 0 radical (unpaired) electrons. The van der Waals surface area contributed by atoms with Crippen molar-refractivity contribution >= 4 is 29.2 Å². The number of imide groups is 1. The molecule has 156 valence electrons. The Kier molecular flexibility index (Phi) is 5.20. The first kappa shape index (κ1) is 19.9. The van der Waals surface area contributed by atoms with Crippen LogP contribution in [0.1, 0.15) is 30.9 Å². The number of carbonyl (C=O) groups is 3. The van der Waals surface area contributed by atoms with E-state index >= 15 is 0 Å². The minimum Gasteiger partial charge on any atom is -0.372 e. The maximum atomic E-state index is 13.0. The normalized spacial score (nSPS) is 21.1. The quantitative estimate of drug-likeness (QED) is 0.748. The van der Waals surface area contributed by atoms with Crippen LogP contribution in [0.5, 0.6) is 0 Å². The Morgan fingerprint density at radius 1 is 1.07 bits per heavy atom. The SMILES string of the molecule is Cc1ccccc1C1(C)NC(=O)N(CC(=O)Nc2ccc(N3CCCC3)cc2)C1=O. The predicted octanol–water partition coefficient (Wildman–Crippen LogP) is 3.00. The molecule has 4 rings (SSSR count). The molecule has 0 aliphatic carbocycles. The van der Waals surface area contributed by atoms with Crippen molar-refractivity contribution in [2.75, 3.05) is 29.9 Å². The monoisotopic (exact) mass is 406 g/mol. The van der Waals surface area contributed by atoms with Gasteiger partial charge in [0.15, 0.2) is 0 Å². The lowest BCUT2D eigenvalue weighted by atomic mass is 9.88. The Bertz CT molecular complexity index is 982. The number of hydrogen-bond donors (Lipinski definition) is 2. The third kappa shape index (κ3) is 3.63. The number of benzene rings is 2. The maximum absolute atomic E-state index is 13.0. The van der Waals surface area contributed by atoms with Crippen molar-refractivity contribution in [1.82, 2.24) is 10.2 Å². The lowest BCUT2D eigenvalue weighted by molar-refractivity contribution is -0.133. The smallest absolute Gasteiger partial charge is 0.325 e. The molecular formula is C23H26N4O3. The molecule has 4 amide bonds. The largest absolute Gasteiger partial charge is 0.372 e. The number of anilines is 2. The van der Waals surface area contributed by atoms with Gasteiger partial charge in [0.25, 0.3) is 5.91 Å². The Morgan fingerprint density at radius 3 is 2.40 bits per heavy atom. The van der Waals surface area contributed by atoms with Gasteiger partial charge in [0, 0.05) is 24.5 Å². The van der Waals surface area contributed by atoms with E-state index in [2.05, 4.69) is 15.5 Å². The Hall–Kier alpha value is -3.35. The average molecular weight is 406 g/mol. The molecule has 0 aromatic heterocycles. The lowest BCUT2D eigenvalue weighted by Gasteiger charge is -2.24. The summed E-state index contributed by atoms with van der Waals surface area (Å²) in [5, 5.41) is 5.52. The molecule has 7 nitrogen and oxygen atoms in total. The van der Waals surface area contributed by atoms with Gasteiger partial charge < -0.3 is 15.5 Å². The van der Waals surface area contributed by atoms with E-state index in [4.69, 9.17) is 0 Å². The highest BCUT2D eigenvalue weighted by molar-refractivity contribution is 6.10. The highest BCUT2D eigenvalue weighted by Gasteiger charge is 2.50. The molecule has 7 heteroatoms. The molecule has 2 N–H and O–H groups in total. The minimum atomic E-state index is -1.18. The highest BCUT2D eigenvalue weighted by atomic mass is 16.2. The number of rotatable bonds is 5. The third-order valence-corrected chi connectivity index (χ3v) is 5.88. The molecule has 2 saturated heterocycles. The van der Waals surface area contributed by atoms with Crippen LogP contribution in [0.3, 0.4) is 0 Å². The third-order valence-electron chi connectivity index (χ3n) is 5.88. The van der Waals surface area contributed by atoms with E-state index in [1.807, 2.05) is 55.5 Å². The summed E-state index contributed by atoms with van der Waals surface area (Å²) in [6.07, 6.45) is 2.40. The van der Waals surface area contributed by atoms with Crippen LogP contribution in [0.4, 0.5) is 16.2 Å². The maximum Gasteiger partial charge on any atom is 0.325 e. The molecule has 30 heavy (non-hydrogen) atoms. The van der Waals surface area contributed by atoms with Crippen LogP contribution >= 0.6 is 0 Å². The fourth-order valence-electron chi connectivity index (χ4n) is 4.23. The molecule has 0 bridgehead atoms. The summed E-state index contributed by atoms with van der Waals surface area (Å²) in [6.45, 7) is 5.33. The Balaban J connectivity index is 1.42. The molecule has 0 spiro atoms. The number of urea groups is 1. The first-order valence-electron chi connectivity index (χ1n) is 10.2. The van der Waals surface area contributed by atoms with Gasteiger partial charge in [-0.2, -0.15) is 0 Å². The van der Waals surface area contributed by atoms with Crippen molar-refractivity contribution in [3.63, 3.8) is 0 Å².